The molecule has 0 saturated heterocycles. The average molecular weight is 200 g/mol. The maximum atomic E-state index is 4.18. The van der Waals surface area contributed by atoms with Crippen LogP contribution in [0.2, 0.25) is 0 Å². The van der Waals surface area contributed by atoms with Gasteiger partial charge < -0.3 is 0 Å². The van der Waals surface area contributed by atoms with E-state index in [1.165, 1.54) is 17.8 Å². The van der Waals surface area contributed by atoms with Gasteiger partial charge in [-0.2, -0.15) is 0 Å². The van der Waals surface area contributed by atoms with Gasteiger partial charge in [-0.05, 0) is 12.8 Å². The number of aromatic nitrogens is 2. The van der Waals surface area contributed by atoms with Gasteiger partial charge in [0, 0.05) is 11.2 Å². The van der Waals surface area contributed by atoms with Crippen molar-refractivity contribution in [3.63, 3.8) is 0 Å². The van der Waals surface area contributed by atoms with Crippen molar-refractivity contribution in [2.45, 2.75) is 42.2 Å². The fourth-order valence-corrected chi connectivity index (χ4v) is 3.23. The Hall–Kier alpha value is -0.0900. The second kappa shape index (κ2) is 3.34. The van der Waals surface area contributed by atoms with Crippen molar-refractivity contribution in [2.75, 3.05) is 0 Å². The van der Waals surface area contributed by atoms with Crippen LogP contribution < -0.4 is 0 Å². The van der Waals surface area contributed by atoms with Gasteiger partial charge in [0.2, 0.25) is 0 Å². The molecule has 1 aromatic rings. The Bertz CT molecular complexity index is 266. The molecule has 1 aromatic heterocycles. The van der Waals surface area contributed by atoms with Crippen molar-refractivity contribution in [1.29, 1.82) is 0 Å². The minimum absolute atomic E-state index is 0.616. The summed E-state index contributed by atoms with van der Waals surface area (Å²) < 4.78 is 1.13. The van der Waals surface area contributed by atoms with Gasteiger partial charge >= 0.3 is 0 Å². The van der Waals surface area contributed by atoms with E-state index >= 15 is 0 Å². The number of rotatable bonds is 3. The van der Waals surface area contributed by atoms with E-state index in [1.54, 1.807) is 11.3 Å². The SMILES string of the molecule is CC(C)Sc1nnc(C2CC2)s1. The summed E-state index contributed by atoms with van der Waals surface area (Å²) in [6.45, 7) is 4.37. The van der Waals surface area contributed by atoms with Gasteiger partial charge in [-0.15, -0.1) is 10.2 Å². The van der Waals surface area contributed by atoms with Crippen molar-refractivity contribution < 1.29 is 0 Å². The largest absolute Gasteiger partial charge is 0.174 e. The molecule has 1 aliphatic carbocycles. The first-order valence-corrected chi connectivity index (χ1v) is 5.95. The first-order chi connectivity index (χ1) is 5.75. The van der Waals surface area contributed by atoms with Gasteiger partial charge in [-0.25, -0.2) is 0 Å². The molecule has 1 heterocycles. The molecule has 66 valence electrons. The smallest absolute Gasteiger partial charge is 0.142 e. The molecule has 0 N–H and O–H groups in total. The molecule has 2 nitrogen and oxygen atoms in total. The summed E-state index contributed by atoms with van der Waals surface area (Å²) in [6, 6.07) is 0. The molecule has 0 radical (unpaired) electrons. The van der Waals surface area contributed by atoms with Crippen LogP contribution in [-0.4, -0.2) is 15.4 Å². The van der Waals surface area contributed by atoms with Crippen LogP contribution in [0.25, 0.3) is 0 Å². The second-order valence-corrected chi connectivity index (χ2v) is 6.18. The molecule has 0 amide bonds. The Kier molecular flexibility index (Phi) is 2.37. The molecule has 0 bridgehead atoms. The normalized spacial score (nSPS) is 17.2. The summed E-state index contributed by atoms with van der Waals surface area (Å²) in [4.78, 5) is 0. The lowest BCUT2D eigenvalue weighted by atomic mass is 10.5. The van der Waals surface area contributed by atoms with Crippen LogP contribution in [0.5, 0.6) is 0 Å². The number of nitrogens with zero attached hydrogens (tertiary/aromatic N) is 2. The standard InChI is InChI=1S/C8H12N2S2/c1-5(2)11-8-10-9-7(12-8)6-3-4-6/h5-6H,3-4H2,1-2H3. The molecular weight excluding hydrogens is 188 g/mol. The van der Waals surface area contributed by atoms with Crippen molar-refractivity contribution in [3.05, 3.63) is 5.01 Å². The molecule has 0 unspecified atom stereocenters. The maximum Gasteiger partial charge on any atom is 0.174 e. The van der Waals surface area contributed by atoms with Gasteiger partial charge in [0.25, 0.3) is 0 Å². The van der Waals surface area contributed by atoms with Crippen molar-refractivity contribution in [2.24, 2.45) is 0 Å². The highest BCUT2D eigenvalue weighted by Crippen LogP contribution is 2.42. The first-order valence-electron chi connectivity index (χ1n) is 4.26. The van der Waals surface area contributed by atoms with Crippen molar-refractivity contribution in [3.8, 4) is 0 Å². The van der Waals surface area contributed by atoms with E-state index < -0.39 is 0 Å². The zero-order chi connectivity index (χ0) is 8.55. The third-order valence-corrected chi connectivity index (χ3v) is 3.86. The van der Waals surface area contributed by atoms with Gasteiger partial charge in [0.15, 0.2) is 4.34 Å². The van der Waals surface area contributed by atoms with E-state index in [0.29, 0.717) is 5.25 Å². The van der Waals surface area contributed by atoms with Crippen LogP contribution in [-0.2, 0) is 0 Å². The lowest BCUT2D eigenvalue weighted by Crippen LogP contribution is -1.84. The molecule has 0 atom stereocenters. The Labute approximate surface area is 80.8 Å². The fraction of sp³-hybridized carbons (Fsp3) is 0.750. The molecule has 2 rings (SSSR count). The zero-order valence-corrected chi connectivity index (χ0v) is 8.91. The predicted octanol–water partition coefficient (Wildman–Crippen LogP) is 2.92. The van der Waals surface area contributed by atoms with Gasteiger partial charge in [-0.3, -0.25) is 0 Å². The van der Waals surface area contributed by atoms with E-state index in [1.807, 2.05) is 11.8 Å². The highest BCUT2D eigenvalue weighted by atomic mass is 32.2. The molecule has 1 fully saturated rings. The summed E-state index contributed by atoms with van der Waals surface area (Å²) in [6.07, 6.45) is 2.64. The number of hydrogen-bond donors (Lipinski definition) is 0. The zero-order valence-electron chi connectivity index (χ0n) is 7.28. The highest BCUT2D eigenvalue weighted by Gasteiger charge is 2.27. The molecule has 1 aliphatic rings. The lowest BCUT2D eigenvalue weighted by molar-refractivity contribution is 0.934. The van der Waals surface area contributed by atoms with Crippen molar-refractivity contribution in [1.82, 2.24) is 10.2 Å². The quantitative estimate of drug-likeness (QED) is 0.702. The Morgan fingerprint density at radius 3 is 2.75 bits per heavy atom. The summed E-state index contributed by atoms with van der Waals surface area (Å²) in [7, 11) is 0. The number of hydrogen-bond acceptors (Lipinski definition) is 4. The summed E-state index contributed by atoms with van der Waals surface area (Å²) in [5, 5.41) is 10.2. The third-order valence-electron chi connectivity index (χ3n) is 1.69. The molecule has 0 aliphatic heterocycles. The second-order valence-electron chi connectivity index (χ2n) is 3.35. The summed E-state index contributed by atoms with van der Waals surface area (Å²) >= 11 is 3.58. The molecule has 4 heteroatoms. The molecule has 1 saturated carbocycles. The topological polar surface area (TPSA) is 25.8 Å². The fourth-order valence-electron chi connectivity index (χ4n) is 0.965. The molecular formula is C8H12N2S2. The Morgan fingerprint density at radius 1 is 1.42 bits per heavy atom. The van der Waals surface area contributed by atoms with Crippen LogP contribution in [0, 0.1) is 0 Å². The van der Waals surface area contributed by atoms with Crippen LogP contribution in [0.1, 0.15) is 37.6 Å². The summed E-state index contributed by atoms with van der Waals surface area (Å²) in [5.41, 5.74) is 0. The van der Waals surface area contributed by atoms with Gasteiger partial charge in [0.05, 0.1) is 0 Å². The summed E-state index contributed by atoms with van der Waals surface area (Å²) in [5.74, 6) is 0.754. The van der Waals surface area contributed by atoms with E-state index in [2.05, 4.69) is 24.0 Å². The monoisotopic (exact) mass is 200 g/mol. The van der Waals surface area contributed by atoms with Crippen molar-refractivity contribution >= 4 is 23.1 Å². The minimum atomic E-state index is 0.616. The van der Waals surface area contributed by atoms with E-state index in [9.17, 15) is 0 Å². The number of thioether (sulfide) groups is 1. The van der Waals surface area contributed by atoms with E-state index in [-0.39, 0.29) is 0 Å². The van der Waals surface area contributed by atoms with Crippen LogP contribution in [0.15, 0.2) is 4.34 Å². The average Bonchev–Trinajstić information content (AvgIpc) is 2.73. The van der Waals surface area contributed by atoms with E-state index in [0.717, 1.165) is 10.3 Å². The lowest BCUT2D eigenvalue weighted by Gasteiger charge is -1.96. The third kappa shape index (κ3) is 1.98. The maximum absolute atomic E-state index is 4.18. The minimum Gasteiger partial charge on any atom is -0.142 e. The van der Waals surface area contributed by atoms with Crippen LogP contribution in [0.4, 0.5) is 0 Å². The van der Waals surface area contributed by atoms with Crippen LogP contribution >= 0.6 is 23.1 Å². The molecule has 0 aromatic carbocycles. The molecule has 12 heavy (non-hydrogen) atoms. The van der Waals surface area contributed by atoms with Crippen LogP contribution in [0.3, 0.4) is 0 Å². The molecule has 0 spiro atoms. The Morgan fingerprint density at radius 2 is 2.17 bits per heavy atom. The highest BCUT2D eigenvalue weighted by molar-refractivity contribution is 8.01. The van der Waals surface area contributed by atoms with Gasteiger partial charge in [-0.1, -0.05) is 36.9 Å². The first kappa shape index (κ1) is 8.51. The van der Waals surface area contributed by atoms with Gasteiger partial charge in [0.1, 0.15) is 5.01 Å². The predicted molar refractivity (Wildman–Crippen MR) is 52.9 cm³/mol. The Balaban J connectivity index is 2.03. The van der Waals surface area contributed by atoms with E-state index in [4.69, 9.17) is 0 Å².